The van der Waals surface area contributed by atoms with Gasteiger partial charge in [0.2, 0.25) is 11.6 Å². The second kappa shape index (κ2) is 10.3. The van der Waals surface area contributed by atoms with Crippen LogP contribution in [0.5, 0.6) is 23.0 Å². The minimum Gasteiger partial charge on any atom is -0.493 e. The van der Waals surface area contributed by atoms with Gasteiger partial charge in [-0.3, -0.25) is 4.79 Å². The van der Waals surface area contributed by atoms with Gasteiger partial charge < -0.3 is 28.7 Å². The molecule has 1 heterocycles. The number of anilines is 1. The van der Waals surface area contributed by atoms with Crippen molar-refractivity contribution in [2.75, 3.05) is 33.3 Å². The number of aromatic nitrogens is 1. The molecule has 3 aromatic carbocycles. The van der Waals surface area contributed by atoms with Gasteiger partial charge in [0.25, 0.3) is 5.91 Å². The fourth-order valence-corrected chi connectivity index (χ4v) is 4.19. The molecule has 1 N–H and O–H groups in total. The van der Waals surface area contributed by atoms with Crippen molar-refractivity contribution in [1.29, 1.82) is 0 Å². The van der Waals surface area contributed by atoms with Crippen LogP contribution in [0.2, 0.25) is 10.0 Å². The molecule has 0 aliphatic rings. The molecule has 8 nitrogen and oxygen atoms in total. The van der Waals surface area contributed by atoms with E-state index in [1.165, 1.54) is 21.3 Å². The number of ether oxygens (including phenoxy) is 4. The van der Waals surface area contributed by atoms with Gasteiger partial charge in [-0.2, -0.15) is 0 Å². The van der Waals surface area contributed by atoms with Crippen molar-refractivity contribution in [2.45, 2.75) is 6.92 Å². The number of rotatable bonds is 8. The van der Waals surface area contributed by atoms with Gasteiger partial charge in [-0.1, -0.05) is 23.2 Å². The number of amides is 1. The van der Waals surface area contributed by atoms with Gasteiger partial charge >= 0.3 is 0 Å². The Labute approximate surface area is 211 Å². The van der Waals surface area contributed by atoms with Gasteiger partial charge in [0.1, 0.15) is 11.3 Å². The molecule has 0 aliphatic carbocycles. The minimum absolute atomic E-state index is 0.226. The second-order valence-electron chi connectivity index (χ2n) is 7.49. The normalized spacial score (nSPS) is 10.8. The molecule has 0 aliphatic heterocycles. The summed E-state index contributed by atoms with van der Waals surface area (Å²) in [6, 6.07) is 11.9. The smallest absolute Gasteiger partial charge is 0.262 e. The summed E-state index contributed by atoms with van der Waals surface area (Å²) in [5.41, 5.74) is 3.02. The molecule has 0 unspecified atom stereocenters. The molecule has 4 rings (SSSR count). The van der Waals surface area contributed by atoms with Crippen molar-refractivity contribution in [3.05, 3.63) is 58.1 Å². The molecular formula is C25H22Cl2N2O6. The number of carbonyl (C=O) groups is 1. The maximum atomic E-state index is 12.5. The largest absolute Gasteiger partial charge is 0.493 e. The van der Waals surface area contributed by atoms with Crippen molar-refractivity contribution in [3.8, 4) is 34.5 Å². The van der Waals surface area contributed by atoms with Crippen LogP contribution in [-0.2, 0) is 4.79 Å². The average Bonchev–Trinajstić information content (AvgIpc) is 3.25. The first-order chi connectivity index (χ1) is 16.8. The van der Waals surface area contributed by atoms with E-state index in [0.29, 0.717) is 61.3 Å². The zero-order valence-electron chi connectivity index (χ0n) is 19.4. The van der Waals surface area contributed by atoms with Crippen LogP contribution in [0.15, 0.2) is 46.9 Å². The number of benzene rings is 3. The molecule has 182 valence electrons. The Kier molecular flexibility index (Phi) is 7.23. The van der Waals surface area contributed by atoms with E-state index in [1.807, 2.05) is 0 Å². The molecule has 0 saturated heterocycles. The number of carbonyl (C=O) groups excluding carboxylic acids is 1. The Balaban J connectivity index is 1.52. The third kappa shape index (κ3) is 5.23. The van der Waals surface area contributed by atoms with E-state index in [0.717, 1.165) is 5.56 Å². The number of nitrogens with zero attached hydrogens (tertiary/aromatic N) is 1. The molecule has 0 fully saturated rings. The van der Waals surface area contributed by atoms with Crippen LogP contribution in [0.3, 0.4) is 0 Å². The standard InChI is InChI=1S/C25H22Cl2N2O6/c1-13-7-15(26)10-17(27)23(13)34-12-22(30)28-16-5-6-19-18(11-16)29-25(35-19)14-8-20(31-2)24(33-4)21(9-14)32-3/h5-11H,12H2,1-4H3,(H,28,30). The first-order valence-corrected chi connectivity index (χ1v) is 11.2. The number of oxazole rings is 1. The van der Waals surface area contributed by atoms with Gasteiger partial charge in [-0.15, -0.1) is 0 Å². The molecule has 0 spiro atoms. The number of methoxy groups -OCH3 is 3. The van der Waals surface area contributed by atoms with E-state index in [2.05, 4.69) is 10.3 Å². The lowest BCUT2D eigenvalue weighted by molar-refractivity contribution is -0.118. The Morgan fingerprint density at radius 2 is 1.69 bits per heavy atom. The quantitative estimate of drug-likeness (QED) is 0.300. The maximum absolute atomic E-state index is 12.5. The van der Waals surface area contributed by atoms with Crippen LogP contribution >= 0.6 is 23.2 Å². The highest BCUT2D eigenvalue weighted by molar-refractivity contribution is 6.35. The number of halogens is 2. The summed E-state index contributed by atoms with van der Waals surface area (Å²) in [7, 11) is 4.60. The summed E-state index contributed by atoms with van der Waals surface area (Å²) in [4.78, 5) is 17.0. The third-order valence-electron chi connectivity index (χ3n) is 5.12. The highest BCUT2D eigenvalue weighted by atomic mass is 35.5. The minimum atomic E-state index is -0.358. The number of nitrogens with one attached hydrogen (secondary N) is 1. The Bertz CT molecular complexity index is 1350. The molecule has 0 radical (unpaired) electrons. The zero-order chi connectivity index (χ0) is 25.1. The monoisotopic (exact) mass is 516 g/mol. The van der Waals surface area contributed by atoms with Gasteiger partial charge in [-0.05, 0) is 55.0 Å². The van der Waals surface area contributed by atoms with Crippen LogP contribution in [0.25, 0.3) is 22.6 Å². The molecule has 1 amide bonds. The van der Waals surface area contributed by atoms with Crippen molar-refractivity contribution in [3.63, 3.8) is 0 Å². The van der Waals surface area contributed by atoms with E-state index in [1.54, 1.807) is 49.4 Å². The second-order valence-corrected chi connectivity index (χ2v) is 8.33. The number of hydrogen-bond donors (Lipinski definition) is 1. The van der Waals surface area contributed by atoms with E-state index in [4.69, 9.17) is 46.6 Å². The number of aryl methyl sites for hydroxylation is 1. The van der Waals surface area contributed by atoms with Gasteiger partial charge in [0.05, 0.1) is 26.4 Å². The van der Waals surface area contributed by atoms with Crippen LogP contribution in [0.4, 0.5) is 5.69 Å². The van der Waals surface area contributed by atoms with Gasteiger partial charge in [0.15, 0.2) is 23.7 Å². The Morgan fingerprint density at radius 1 is 0.971 bits per heavy atom. The van der Waals surface area contributed by atoms with E-state index in [-0.39, 0.29) is 12.5 Å². The van der Waals surface area contributed by atoms with E-state index in [9.17, 15) is 4.79 Å². The van der Waals surface area contributed by atoms with Crippen molar-refractivity contribution >= 4 is 45.9 Å². The molecule has 0 bridgehead atoms. The van der Waals surface area contributed by atoms with Crippen LogP contribution in [0, 0.1) is 6.92 Å². The highest BCUT2D eigenvalue weighted by Gasteiger charge is 2.18. The highest BCUT2D eigenvalue weighted by Crippen LogP contribution is 2.41. The summed E-state index contributed by atoms with van der Waals surface area (Å²) in [5, 5.41) is 3.62. The van der Waals surface area contributed by atoms with E-state index >= 15 is 0 Å². The number of fused-ring (bicyclic) bond motifs is 1. The lowest BCUT2D eigenvalue weighted by Gasteiger charge is -2.12. The summed E-state index contributed by atoms with van der Waals surface area (Å²) in [5.74, 6) is 1.84. The maximum Gasteiger partial charge on any atom is 0.262 e. The molecular weight excluding hydrogens is 495 g/mol. The summed E-state index contributed by atoms with van der Waals surface area (Å²) in [6.07, 6.45) is 0. The zero-order valence-corrected chi connectivity index (χ0v) is 20.9. The van der Waals surface area contributed by atoms with Gasteiger partial charge in [0, 0.05) is 16.3 Å². The molecule has 0 saturated carbocycles. The lowest BCUT2D eigenvalue weighted by Crippen LogP contribution is -2.20. The fourth-order valence-electron chi connectivity index (χ4n) is 3.54. The number of hydrogen-bond acceptors (Lipinski definition) is 7. The van der Waals surface area contributed by atoms with Gasteiger partial charge in [-0.25, -0.2) is 4.98 Å². The van der Waals surface area contributed by atoms with Crippen molar-refractivity contribution < 1.29 is 28.2 Å². The fraction of sp³-hybridized carbons (Fsp3) is 0.200. The van der Waals surface area contributed by atoms with E-state index < -0.39 is 0 Å². The average molecular weight is 517 g/mol. The van der Waals surface area contributed by atoms with Crippen molar-refractivity contribution in [1.82, 2.24) is 4.98 Å². The molecule has 10 heteroatoms. The summed E-state index contributed by atoms with van der Waals surface area (Å²) in [6.45, 7) is 1.57. The van der Waals surface area contributed by atoms with Crippen LogP contribution in [-0.4, -0.2) is 38.8 Å². The predicted molar refractivity (Wildman–Crippen MR) is 134 cm³/mol. The SMILES string of the molecule is COc1cc(-c2nc3cc(NC(=O)COc4c(C)cc(Cl)cc4Cl)ccc3o2)cc(OC)c1OC. The summed E-state index contributed by atoms with van der Waals surface area (Å²) < 4.78 is 27.7. The van der Waals surface area contributed by atoms with Crippen LogP contribution < -0.4 is 24.3 Å². The third-order valence-corrected chi connectivity index (χ3v) is 5.62. The first-order valence-electron chi connectivity index (χ1n) is 10.4. The molecule has 4 aromatic rings. The molecule has 1 aromatic heterocycles. The lowest BCUT2D eigenvalue weighted by atomic mass is 10.2. The predicted octanol–water partition coefficient (Wildman–Crippen LogP) is 6.15. The molecule has 35 heavy (non-hydrogen) atoms. The van der Waals surface area contributed by atoms with Crippen molar-refractivity contribution in [2.24, 2.45) is 0 Å². The van der Waals surface area contributed by atoms with Crippen LogP contribution in [0.1, 0.15) is 5.56 Å². The first kappa shape index (κ1) is 24.5. The topological polar surface area (TPSA) is 92.1 Å². The summed E-state index contributed by atoms with van der Waals surface area (Å²) >= 11 is 12.1. The Hall–Kier alpha value is -3.62. The Morgan fingerprint density at radius 3 is 2.31 bits per heavy atom. The molecule has 0 atom stereocenters.